The van der Waals surface area contributed by atoms with E-state index in [1.165, 1.54) is 7.11 Å². The van der Waals surface area contributed by atoms with E-state index in [0.29, 0.717) is 23.8 Å². The molecular formula is C22H24N4O4. The molecule has 1 saturated heterocycles. The van der Waals surface area contributed by atoms with Gasteiger partial charge in [-0.3, -0.25) is 9.88 Å². The summed E-state index contributed by atoms with van der Waals surface area (Å²) in [5, 5.41) is 14.6. The summed E-state index contributed by atoms with van der Waals surface area (Å²) in [6.07, 6.45) is 4.75. The first-order chi connectivity index (χ1) is 14.6. The zero-order valence-electron chi connectivity index (χ0n) is 16.8. The van der Waals surface area contributed by atoms with Gasteiger partial charge in [0.15, 0.2) is 0 Å². The standard InChI is InChI=1S/C22H24N4O4/c1-29-22(28)17-6-4-16(5-7-17)21-24-19(30-25-21)14-26-11-8-15(9-12-26)20(27)18-3-2-10-23-13-18/h2-7,10,13,15,20,27H,8-9,11-12,14H2,1H3/t20-/m0/s1. The topological polar surface area (TPSA) is 102 Å². The summed E-state index contributed by atoms with van der Waals surface area (Å²) in [4.78, 5) is 22.4. The average Bonchev–Trinajstić information content (AvgIpc) is 3.27. The molecule has 3 heterocycles. The number of methoxy groups -OCH3 is 1. The van der Waals surface area contributed by atoms with E-state index in [0.717, 1.165) is 37.1 Å². The van der Waals surface area contributed by atoms with Gasteiger partial charge in [0.05, 0.1) is 25.3 Å². The lowest BCUT2D eigenvalue weighted by atomic mass is 9.88. The van der Waals surface area contributed by atoms with Crippen molar-refractivity contribution in [2.24, 2.45) is 5.92 Å². The molecule has 3 aromatic rings. The number of likely N-dealkylation sites (tertiary alicyclic amines) is 1. The molecule has 0 radical (unpaired) electrons. The second-order valence-electron chi connectivity index (χ2n) is 7.43. The van der Waals surface area contributed by atoms with E-state index in [9.17, 15) is 9.90 Å². The Balaban J connectivity index is 1.32. The normalized spacial score (nSPS) is 16.3. The number of aliphatic hydroxyl groups is 1. The molecule has 1 N–H and O–H groups in total. The quantitative estimate of drug-likeness (QED) is 0.621. The van der Waals surface area contributed by atoms with Crippen molar-refractivity contribution < 1.29 is 19.2 Å². The minimum Gasteiger partial charge on any atom is -0.465 e. The van der Waals surface area contributed by atoms with Crippen LogP contribution in [0.15, 0.2) is 53.3 Å². The molecule has 2 aromatic heterocycles. The van der Waals surface area contributed by atoms with Crippen molar-refractivity contribution in [3.8, 4) is 11.4 Å². The highest BCUT2D eigenvalue weighted by molar-refractivity contribution is 5.89. The number of esters is 1. The SMILES string of the molecule is COC(=O)c1ccc(-c2noc(CN3CCC([C@H](O)c4cccnc4)CC3)n2)cc1. The van der Waals surface area contributed by atoms with Crippen LogP contribution in [0.5, 0.6) is 0 Å². The predicted octanol–water partition coefficient (Wildman–Crippen LogP) is 2.86. The van der Waals surface area contributed by atoms with Crippen LogP contribution in [0.4, 0.5) is 0 Å². The van der Waals surface area contributed by atoms with Gasteiger partial charge in [-0.2, -0.15) is 4.98 Å². The molecule has 1 atom stereocenters. The maximum absolute atomic E-state index is 11.5. The van der Waals surface area contributed by atoms with Crippen molar-refractivity contribution in [2.45, 2.75) is 25.5 Å². The highest BCUT2D eigenvalue weighted by Gasteiger charge is 2.27. The summed E-state index contributed by atoms with van der Waals surface area (Å²) >= 11 is 0. The van der Waals surface area contributed by atoms with Crippen LogP contribution in [0.2, 0.25) is 0 Å². The van der Waals surface area contributed by atoms with Gasteiger partial charge in [-0.15, -0.1) is 0 Å². The highest BCUT2D eigenvalue weighted by Crippen LogP contribution is 2.30. The van der Waals surface area contributed by atoms with Gasteiger partial charge in [0.1, 0.15) is 0 Å². The zero-order valence-corrected chi connectivity index (χ0v) is 16.8. The first-order valence-corrected chi connectivity index (χ1v) is 9.95. The number of aliphatic hydroxyl groups excluding tert-OH is 1. The molecule has 0 saturated carbocycles. The molecule has 156 valence electrons. The summed E-state index contributed by atoms with van der Waals surface area (Å²) in [5.74, 6) is 0.876. The van der Waals surface area contributed by atoms with Gasteiger partial charge in [-0.05, 0) is 55.6 Å². The number of pyridine rings is 1. The van der Waals surface area contributed by atoms with E-state index in [-0.39, 0.29) is 11.9 Å². The fourth-order valence-electron chi connectivity index (χ4n) is 3.75. The van der Waals surface area contributed by atoms with Gasteiger partial charge in [-0.1, -0.05) is 23.4 Å². The summed E-state index contributed by atoms with van der Waals surface area (Å²) in [6, 6.07) is 10.7. The summed E-state index contributed by atoms with van der Waals surface area (Å²) < 4.78 is 10.1. The Labute approximate surface area is 174 Å². The molecule has 1 aliphatic rings. The second kappa shape index (κ2) is 9.15. The molecule has 1 fully saturated rings. The molecule has 0 amide bonds. The number of hydrogen-bond acceptors (Lipinski definition) is 8. The van der Waals surface area contributed by atoms with Crippen LogP contribution in [0.3, 0.4) is 0 Å². The van der Waals surface area contributed by atoms with Crippen LogP contribution in [-0.4, -0.2) is 51.3 Å². The van der Waals surface area contributed by atoms with Gasteiger partial charge < -0.3 is 14.4 Å². The van der Waals surface area contributed by atoms with E-state index >= 15 is 0 Å². The molecule has 1 aromatic carbocycles. The molecule has 4 rings (SSSR count). The lowest BCUT2D eigenvalue weighted by Crippen LogP contribution is -2.35. The lowest BCUT2D eigenvalue weighted by molar-refractivity contribution is 0.0535. The van der Waals surface area contributed by atoms with Crippen LogP contribution in [0.25, 0.3) is 11.4 Å². The van der Waals surface area contributed by atoms with Crippen molar-refractivity contribution >= 4 is 5.97 Å². The van der Waals surface area contributed by atoms with Gasteiger partial charge in [-0.25, -0.2) is 4.79 Å². The van der Waals surface area contributed by atoms with E-state index in [1.807, 2.05) is 12.1 Å². The number of carbonyl (C=O) groups excluding carboxylic acids is 1. The number of benzene rings is 1. The Morgan fingerprint density at radius 3 is 2.70 bits per heavy atom. The first-order valence-electron chi connectivity index (χ1n) is 9.95. The minimum atomic E-state index is -0.483. The number of ether oxygens (including phenoxy) is 1. The Hall–Kier alpha value is -3.10. The third-order valence-electron chi connectivity index (χ3n) is 5.50. The summed E-state index contributed by atoms with van der Waals surface area (Å²) in [6.45, 7) is 2.28. The molecule has 30 heavy (non-hydrogen) atoms. The molecular weight excluding hydrogens is 384 g/mol. The van der Waals surface area contributed by atoms with E-state index in [4.69, 9.17) is 9.26 Å². The maximum atomic E-state index is 11.5. The van der Waals surface area contributed by atoms with Gasteiger partial charge in [0.25, 0.3) is 0 Å². The molecule has 0 aliphatic carbocycles. The van der Waals surface area contributed by atoms with Crippen LogP contribution < -0.4 is 0 Å². The average molecular weight is 408 g/mol. The molecule has 1 aliphatic heterocycles. The van der Waals surface area contributed by atoms with E-state index in [2.05, 4.69) is 20.0 Å². The monoisotopic (exact) mass is 408 g/mol. The summed E-state index contributed by atoms with van der Waals surface area (Å²) in [7, 11) is 1.35. The minimum absolute atomic E-state index is 0.219. The summed E-state index contributed by atoms with van der Waals surface area (Å²) in [5.41, 5.74) is 2.12. The van der Waals surface area contributed by atoms with Crippen LogP contribution in [0, 0.1) is 5.92 Å². The number of piperidine rings is 1. The number of aromatic nitrogens is 3. The molecule has 8 nitrogen and oxygen atoms in total. The molecule has 0 bridgehead atoms. The Morgan fingerprint density at radius 1 is 1.27 bits per heavy atom. The van der Waals surface area contributed by atoms with E-state index in [1.54, 1.807) is 36.7 Å². The van der Waals surface area contributed by atoms with Crippen molar-refractivity contribution in [1.82, 2.24) is 20.0 Å². The molecule has 0 spiro atoms. The fourth-order valence-corrected chi connectivity index (χ4v) is 3.75. The highest BCUT2D eigenvalue weighted by atomic mass is 16.5. The van der Waals surface area contributed by atoms with Gasteiger partial charge >= 0.3 is 5.97 Å². The third-order valence-corrected chi connectivity index (χ3v) is 5.50. The van der Waals surface area contributed by atoms with Crippen molar-refractivity contribution in [3.63, 3.8) is 0 Å². The van der Waals surface area contributed by atoms with Gasteiger partial charge in [0, 0.05) is 18.0 Å². The lowest BCUT2D eigenvalue weighted by Gasteiger charge is -2.33. The Kier molecular flexibility index (Phi) is 6.15. The first kappa shape index (κ1) is 20.2. The van der Waals surface area contributed by atoms with Crippen molar-refractivity contribution in [2.75, 3.05) is 20.2 Å². The largest absolute Gasteiger partial charge is 0.465 e. The second-order valence-corrected chi connectivity index (χ2v) is 7.43. The maximum Gasteiger partial charge on any atom is 0.337 e. The number of rotatable bonds is 6. The van der Waals surface area contributed by atoms with E-state index < -0.39 is 6.10 Å². The van der Waals surface area contributed by atoms with Crippen LogP contribution >= 0.6 is 0 Å². The van der Waals surface area contributed by atoms with Crippen LogP contribution in [0.1, 0.15) is 40.8 Å². The molecule has 0 unspecified atom stereocenters. The Bertz CT molecular complexity index is 966. The Morgan fingerprint density at radius 2 is 2.03 bits per heavy atom. The number of nitrogens with zero attached hydrogens (tertiary/aromatic N) is 4. The van der Waals surface area contributed by atoms with Crippen LogP contribution in [-0.2, 0) is 11.3 Å². The van der Waals surface area contributed by atoms with Crippen molar-refractivity contribution in [1.29, 1.82) is 0 Å². The third kappa shape index (κ3) is 4.55. The number of carbonyl (C=O) groups is 1. The smallest absolute Gasteiger partial charge is 0.337 e. The fraction of sp³-hybridized carbons (Fsp3) is 0.364. The predicted molar refractivity (Wildman–Crippen MR) is 108 cm³/mol. The van der Waals surface area contributed by atoms with Crippen molar-refractivity contribution in [3.05, 3.63) is 65.8 Å². The zero-order chi connectivity index (χ0) is 20.9. The number of hydrogen-bond donors (Lipinski definition) is 1. The van der Waals surface area contributed by atoms with Gasteiger partial charge in [0.2, 0.25) is 11.7 Å². The molecule has 8 heteroatoms.